The molecule has 0 radical (unpaired) electrons. The Bertz CT molecular complexity index is 1030. The molecule has 0 unspecified atom stereocenters. The molecule has 3 aromatic carbocycles. The minimum absolute atomic E-state index is 0.148. The number of rotatable bonds is 9. The van der Waals surface area contributed by atoms with Gasteiger partial charge in [-0.15, -0.1) is 0 Å². The summed E-state index contributed by atoms with van der Waals surface area (Å²) in [5, 5.41) is 5.62. The van der Waals surface area contributed by atoms with Crippen LogP contribution in [0.1, 0.15) is 29.3 Å². The summed E-state index contributed by atoms with van der Waals surface area (Å²) >= 11 is 0. The number of hydrogen-bond donors (Lipinski definition) is 2. The molecule has 0 saturated carbocycles. The highest BCUT2D eigenvalue weighted by molar-refractivity contribution is 5.95. The highest BCUT2D eigenvalue weighted by Gasteiger charge is 2.10. The summed E-state index contributed by atoms with van der Waals surface area (Å²) in [6.45, 7) is 4.69. The minimum Gasteiger partial charge on any atom is -0.494 e. The van der Waals surface area contributed by atoms with Gasteiger partial charge in [-0.05, 0) is 62.4 Å². The largest absolute Gasteiger partial charge is 0.494 e. The maximum Gasteiger partial charge on any atom is 0.251 e. The van der Waals surface area contributed by atoms with E-state index in [2.05, 4.69) is 10.6 Å². The maximum atomic E-state index is 12.4. The summed E-state index contributed by atoms with van der Waals surface area (Å²) in [5.41, 5.74) is 2.15. The van der Waals surface area contributed by atoms with E-state index in [0.29, 0.717) is 29.4 Å². The second-order valence-corrected chi connectivity index (χ2v) is 6.93. The number of nitrogens with one attached hydrogen (secondary N) is 2. The van der Waals surface area contributed by atoms with E-state index >= 15 is 0 Å². The van der Waals surface area contributed by atoms with Gasteiger partial charge in [-0.3, -0.25) is 9.59 Å². The molecular formula is C25H26N2O4. The average molecular weight is 418 g/mol. The van der Waals surface area contributed by atoms with Crippen LogP contribution < -0.4 is 20.1 Å². The number of amides is 2. The van der Waals surface area contributed by atoms with Crippen molar-refractivity contribution >= 4 is 17.5 Å². The van der Waals surface area contributed by atoms with Crippen LogP contribution >= 0.6 is 0 Å². The number of benzene rings is 3. The van der Waals surface area contributed by atoms with E-state index in [4.69, 9.17) is 9.47 Å². The van der Waals surface area contributed by atoms with Crippen LogP contribution in [-0.2, 0) is 4.79 Å². The van der Waals surface area contributed by atoms with Crippen LogP contribution in [0.25, 0.3) is 0 Å². The third kappa shape index (κ3) is 6.60. The molecule has 0 heterocycles. The zero-order chi connectivity index (χ0) is 22.1. The first kappa shape index (κ1) is 21.9. The second-order valence-electron chi connectivity index (χ2n) is 6.93. The highest BCUT2D eigenvalue weighted by atomic mass is 16.5. The van der Waals surface area contributed by atoms with E-state index in [-0.39, 0.29) is 24.8 Å². The first-order chi connectivity index (χ1) is 15.0. The molecule has 0 fully saturated rings. The molecular weight excluding hydrogens is 392 g/mol. The molecule has 0 aliphatic carbocycles. The van der Waals surface area contributed by atoms with Crippen LogP contribution in [0.4, 0.5) is 5.69 Å². The SMILES string of the molecule is CCOc1ccc(Oc2ccccc2NC(=O)CCNC(=O)c2cccc(C)c2)cc1. The fourth-order valence-corrected chi connectivity index (χ4v) is 2.95. The molecule has 0 aliphatic heterocycles. The van der Waals surface area contributed by atoms with Crippen LogP contribution in [0.5, 0.6) is 17.2 Å². The maximum absolute atomic E-state index is 12.4. The van der Waals surface area contributed by atoms with E-state index in [1.807, 2.05) is 68.4 Å². The molecule has 3 aromatic rings. The predicted octanol–water partition coefficient (Wildman–Crippen LogP) is 4.94. The lowest BCUT2D eigenvalue weighted by atomic mass is 10.1. The summed E-state index contributed by atoms with van der Waals surface area (Å²) in [6.07, 6.45) is 0.148. The first-order valence-corrected chi connectivity index (χ1v) is 10.2. The molecule has 6 heteroatoms. The Hall–Kier alpha value is -3.80. The number of para-hydroxylation sites is 2. The molecule has 0 aliphatic rings. The molecule has 2 N–H and O–H groups in total. The molecule has 0 spiro atoms. The van der Waals surface area contributed by atoms with E-state index in [1.165, 1.54) is 0 Å². The van der Waals surface area contributed by atoms with Gasteiger partial charge in [-0.1, -0.05) is 29.8 Å². The van der Waals surface area contributed by atoms with Crippen molar-refractivity contribution in [3.8, 4) is 17.2 Å². The van der Waals surface area contributed by atoms with Crippen molar-refractivity contribution in [1.29, 1.82) is 0 Å². The molecule has 31 heavy (non-hydrogen) atoms. The number of hydrogen-bond acceptors (Lipinski definition) is 4. The second kappa shape index (κ2) is 10.8. The van der Waals surface area contributed by atoms with Gasteiger partial charge < -0.3 is 20.1 Å². The molecule has 160 valence electrons. The van der Waals surface area contributed by atoms with Gasteiger partial charge in [0.1, 0.15) is 11.5 Å². The minimum atomic E-state index is -0.215. The Morgan fingerprint density at radius 1 is 0.903 bits per heavy atom. The summed E-state index contributed by atoms with van der Waals surface area (Å²) in [7, 11) is 0. The van der Waals surface area contributed by atoms with E-state index in [9.17, 15) is 9.59 Å². The van der Waals surface area contributed by atoms with Gasteiger partial charge >= 0.3 is 0 Å². The lowest BCUT2D eigenvalue weighted by molar-refractivity contribution is -0.116. The Balaban J connectivity index is 1.53. The molecule has 3 rings (SSSR count). The van der Waals surface area contributed by atoms with Crippen molar-refractivity contribution in [3.05, 3.63) is 83.9 Å². The topological polar surface area (TPSA) is 76.7 Å². The fourth-order valence-electron chi connectivity index (χ4n) is 2.95. The lowest BCUT2D eigenvalue weighted by Crippen LogP contribution is -2.27. The summed E-state index contributed by atoms with van der Waals surface area (Å²) < 4.78 is 11.3. The Kier molecular flexibility index (Phi) is 7.65. The van der Waals surface area contributed by atoms with Gasteiger partial charge in [0.15, 0.2) is 5.75 Å². The Morgan fingerprint density at radius 3 is 2.39 bits per heavy atom. The van der Waals surface area contributed by atoms with Gasteiger partial charge in [0.05, 0.1) is 12.3 Å². The van der Waals surface area contributed by atoms with Crippen molar-refractivity contribution in [3.63, 3.8) is 0 Å². The van der Waals surface area contributed by atoms with Crippen molar-refractivity contribution in [2.24, 2.45) is 0 Å². The molecule has 0 saturated heterocycles. The monoisotopic (exact) mass is 418 g/mol. The van der Waals surface area contributed by atoms with Crippen molar-refractivity contribution < 1.29 is 19.1 Å². The van der Waals surface area contributed by atoms with Crippen LogP contribution in [0, 0.1) is 6.92 Å². The van der Waals surface area contributed by atoms with E-state index in [1.54, 1.807) is 18.2 Å². The van der Waals surface area contributed by atoms with Gasteiger partial charge in [-0.25, -0.2) is 0 Å². The molecule has 0 bridgehead atoms. The van der Waals surface area contributed by atoms with Crippen LogP contribution in [0.15, 0.2) is 72.8 Å². The average Bonchev–Trinajstić information content (AvgIpc) is 2.76. The van der Waals surface area contributed by atoms with Crippen LogP contribution in [0.3, 0.4) is 0 Å². The zero-order valence-corrected chi connectivity index (χ0v) is 17.7. The highest BCUT2D eigenvalue weighted by Crippen LogP contribution is 2.30. The smallest absolute Gasteiger partial charge is 0.251 e. The predicted molar refractivity (Wildman–Crippen MR) is 121 cm³/mol. The third-order valence-electron chi connectivity index (χ3n) is 4.44. The van der Waals surface area contributed by atoms with Gasteiger partial charge in [-0.2, -0.15) is 0 Å². The third-order valence-corrected chi connectivity index (χ3v) is 4.44. The summed E-state index contributed by atoms with van der Waals surface area (Å²) in [4.78, 5) is 24.6. The van der Waals surface area contributed by atoms with Crippen molar-refractivity contribution in [2.75, 3.05) is 18.5 Å². The van der Waals surface area contributed by atoms with Gasteiger partial charge in [0.25, 0.3) is 5.91 Å². The summed E-state index contributed by atoms with van der Waals surface area (Å²) in [6, 6.07) is 21.8. The zero-order valence-electron chi connectivity index (χ0n) is 17.7. The first-order valence-electron chi connectivity index (χ1n) is 10.2. The number of carbonyl (C=O) groups is 2. The molecule has 0 aromatic heterocycles. The molecule has 2 amide bonds. The molecule has 0 atom stereocenters. The van der Waals surface area contributed by atoms with Crippen molar-refractivity contribution in [1.82, 2.24) is 5.32 Å². The Morgan fingerprint density at radius 2 is 1.65 bits per heavy atom. The Labute approximate surface area is 182 Å². The normalized spacial score (nSPS) is 10.3. The van der Waals surface area contributed by atoms with E-state index < -0.39 is 0 Å². The van der Waals surface area contributed by atoms with Crippen LogP contribution in [-0.4, -0.2) is 25.0 Å². The van der Waals surface area contributed by atoms with E-state index in [0.717, 1.165) is 11.3 Å². The molecule has 6 nitrogen and oxygen atoms in total. The fraction of sp³-hybridized carbons (Fsp3) is 0.200. The number of anilines is 1. The number of ether oxygens (including phenoxy) is 2. The lowest BCUT2D eigenvalue weighted by Gasteiger charge is -2.13. The van der Waals surface area contributed by atoms with Crippen LogP contribution in [0.2, 0.25) is 0 Å². The van der Waals surface area contributed by atoms with Crippen molar-refractivity contribution in [2.45, 2.75) is 20.3 Å². The van der Waals surface area contributed by atoms with Gasteiger partial charge in [0.2, 0.25) is 5.91 Å². The van der Waals surface area contributed by atoms with Gasteiger partial charge in [0, 0.05) is 18.5 Å². The number of carbonyl (C=O) groups excluding carboxylic acids is 2. The number of aryl methyl sites for hydroxylation is 1. The quantitative estimate of drug-likeness (QED) is 0.516. The summed E-state index contributed by atoms with van der Waals surface area (Å²) in [5.74, 6) is 1.52. The standard InChI is InChI=1S/C25H26N2O4/c1-3-30-20-11-13-21(14-12-20)31-23-10-5-4-9-22(23)27-24(28)15-16-26-25(29)19-8-6-7-18(2)17-19/h4-14,17H,3,15-16H2,1-2H3,(H,26,29)(H,27,28).